The van der Waals surface area contributed by atoms with Crippen molar-refractivity contribution >= 4 is 5.96 Å². The molecule has 0 unspecified atom stereocenters. The number of likely N-dealkylation sites (tertiary alicyclic amines) is 2. The first-order valence-electron chi connectivity index (χ1n) is 7.92. The van der Waals surface area contributed by atoms with Crippen LogP contribution in [0.15, 0.2) is 4.99 Å². The molecule has 2 heterocycles. The number of hydrogen-bond donors (Lipinski definition) is 1. The zero-order valence-corrected chi connectivity index (χ0v) is 12.6. The molecule has 4 heteroatoms. The summed E-state index contributed by atoms with van der Waals surface area (Å²) in [6.45, 7) is 11.2. The number of hydrogen-bond acceptors (Lipinski definition) is 2. The first-order chi connectivity index (χ1) is 9.15. The summed E-state index contributed by atoms with van der Waals surface area (Å²) in [5.74, 6) is 2.51. The zero-order chi connectivity index (χ0) is 13.7. The Hall–Kier alpha value is -0.770. The highest BCUT2D eigenvalue weighted by Crippen LogP contribution is 2.16. The predicted octanol–water partition coefficient (Wildman–Crippen LogP) is 1.76. The fourth-order valence-electron chi connectivity index (χ4n) is 2.93. The van der Waals surface area contributed by atoms with Crippen LogP contribution < -0.4 is 5.73 Å². The maximum atomic E-state index is 6.09. The summed E-state index contributed by atoms with van der Waals surface area (Å²) in [4.78, 5) is 9.34. The van der Waals surface area contributed by atoms with E-state index in [2.05, 4.69) is 28.6 Å². The monoisotopic (exact) mass is 266 g/mol. The highest BCUT2D eigenvalue weighted by Gasteiger charge is 2.17. The summed E-state index contributed by atoms with van der Waals surface area (Å²) in [5.41, 5.74) is 6.09. The van der Waals surface area contributed by atoms with E-state index in [-0.39, 0.29) is 0 Å². The van der Waals surface area contributed by atoms with Gasteiger partial charge in [-0.25, -0.2) is 0 Å². The van der Waals surface area contributed by atoms with Crippen molar-refractivity contribution in [2.45, 2.75) is 39.5 Å². The van der Waals surface area contributed by atoms with Gasteiger partial charge in [0.05, 0.1) is 6.54 Å². The highest BCUT2D eigenvalue weighted by molar-refractivity contribution is 5.78. The Morgan fingerprint density at radius 1 is 1.00 bits per heavy atom. The van der Waals surface area contributed by atoms with Crippen molar-refractivity contribution in [2.24, 2.45) is 22.6 Å². The molecule has 2 aliphatic rings. The van der Waals surface area contributed by atoms with Gasteiger partial charge in [0.25, 0.3) is 0 Å². The lowest BCUT2D eigenvalue weighted by Crippen LogP contribution is -2.43. The minimum absolute atomic E-state index is 0.761. The molecule has 0 spiro atoms. The molecule has 0 aromatic rings. The third-order valence-corrected chi connectivity index (χ3v) is 4.67. The van der Waals surface area contributed by atoms with Gasteiger partial charge in [0.15, 0.2) is 5.96 Å². The van der Waals surface area contributed by atoms with E-state index in [1.807, 2.05) is 0 Å². The second-order valence-electron chi connectivity index (χ2n) is 6.43. The SMILES string of the molecule is CC1CCN(CCN=C(N)N2CCC(C)CC2)CC1. The van der Waals surface area contributed by atoms with Crippen molar-refractivity contribution < 1.29 is 0 Å². The molecular formula is C15H30N4. The van der Waals surface area contributed by atoms with Gasteiger partial charge in [0.2, 0.25) is 0 Å². The van der Waals surface area contributed by atoms with Crippen LogP contribution in [0, 0.1) is 11.8 Å². The molecule has 19 heavy (non-hydrogen) atoms. The average molecular weight is 266 g/mol. The van der Waals surface area contributed by atoms with Gasteiger partial charge in [-0.15, -0.1) is 0 Å². The van der Waals surface area contributed by atoms with Crippen molar-refractivity contribution in [3.05, 3.63) is 0 Å². The average Bonchev–Trinajstić information content (AvgIpc) is 2.41. The molecule has 2 N–H and O–H groups in total. The lowest BCUT2D eigenvalue weighted by Gasteiger charge is -2.31. The van der Waals surface area contributed by atoms with Crippen LogP contribution in [0.5, 0.6) is 0 Å². The van der Waals surface area contributed by atoms with E-state index in [4.69, 9.17) is 5.73 Å². The minimum Gasteiger partial charge on any atom is -0.370 e. The molecule has 0 aromatic carbocycles. The summed E-state index contributed by atoms with van der Waals surface area (Å²) >= 11 is 0. The Morgan fingerprint density at radius 2 is 1.53 bits per heavy atom. The molecule has 0 aromatic heterocycles. The summed E-state index contributed by atoms with van der Waals surface area (Å²) in [6, 6.07) is 0. The van der Waals surface area contributed by atoms with Crippen LogP contribution >= 0.6 is 0 Å². The Morgan fingerprint density at radius 3 is 2.11 bits per heavy atom. The Bertz CT molecular complexity index is 287. The normalized spacial score (nSPS) is 24.9. The van der Waals surface area contributed by atoms with E-state index in [0.717, 1.165) is 44.0 Å². The van der Waals surface area contributed by atoms with Crippen LogP contribution in [-0.2, 0) is 0 Å². The van der Waals surface area contributed by atoms with Gasteiger partial charge in [0.1, 0.15) is 0 Å². The maximum absolute atomic E-state index is 6.09. The summed E-state index contributed by atoms with van der Waals surface area (Å²) in [6.07, 6.45) is 5.17. The van der Waals surface area contributed by atoms with Crippen LogP contribution in [0.4, 0.5) is 0 Å². The quantitative estimate of drug-likeness (QED) is 0.625. The van der Waals surface area contributed by atoms with E-state index in [0.29, 0.717) is 0 Å². The van der Waals surface area contributed by atoms with Crippen molar-refractivity contribution in [1.29, 1.82) is 0 Å². The van der Waals surface area contributed by atoms with Gasteiger partial charge in [0, 0.05) is 19.6 Å². The van der Waals surface area contributed by atoms with E-state index in [1.165, 1.54) is 38.8 Å². The van der Waals surface area contributed by atoms with Crippen LogP contribution in [0.1, 0.15) is 39.5 Å². The maximum Gasteiger partial charge on any atom is 0.191 e. The number of piperidine rings is 2. The fraction of sp³-hybridized carbons (Fsp3) is 0.933. The molecule has 2 fully saturated rings. The second kappa shape index (κ2) is 7.13. The van der Waals surface area contributed by atoms with Crippen molar-refractivity contribution in [2.75, 3.05) is 39.3 Å². The molecule has 0 atom stereocenters. The van der Waals surface area contributed by atoms with E-state index in [9.17, 15) is 0 Å². The van der Waals surface area contributed by atoms with E-state index >= 15 is 0 Å². The molecule has 0 aliphatic carbocycles. The van der Waals surface area contributed by atoms with Crippen molar-refractivity contribution in [3.8, 4) is 0 Å². The third kappa shape index (κ3) is 4.68. The smallest absolute Gasteiger partial charge is 0.191 e. The van der Waals surface area contributed by atoms with Gasteiger partial charge >= 0.3 is 0 Å². The number of rotatable bonds is 3. The molecule has 0 amide bonds. The van der Waals surface area contributed by atoms with Crippen LogP contribution in [0.2, 0.25) is 0 Å². The molecular weight excluding hydrogens is 236 g/mol. The lowest BCUT2D eigenvalue weighted by atomic mass is 9.99. The largest absolute Gasteiger partial charge is 0.370 e. The molecule has 0 saturated carbocycles. The number of nitrogens with zero attached hydrogens (tertiary/aromatic N) is 3. The molecule has 2 rings (SSSR count). The summed E-state index contributed by atoms with van der Waals surface area (Å²) < 4.78 is 0. The first-order valence-corrected chi connectivity index (χ1v) is 7.92. The van der Waals surface area contributed by atoms with Gasteiger partial charge in [-0.05, 0) is 50.6 Å². The molecule has 0 radical (unpaired) electrons. The zero-order valence-electron chi connectivity index (χ0n) is 12.6. The van der Waals surface area contributed by atoms with Crippen LogP contribution in [0.25, 0.3) is 0 Å². The lowest BCUT2D eigenvalue weighted by molar-refractivity contribution is 0.197. The Kier molecular flexibility index (Phi) is 5.49. The summed E-state index contributed by atoms with van der Waals surface area (Å²) in [7, 11) is 0. The fourth-order valence-corrected chi connectivity index (χ4v) is 2.93. The number of aliphatic imine (C=N–C) groups is 1. The molecule has 4 nitrogen and oxygen atoms in total. The Labute approximate surface area is 118 Å². The minimum atomic E-state index is 0.761. The number of guanidine groups is 1. The number of nitrogens with two attached hydrogens (primary N) is 1. The summed E-state index contributed by atoms with van der Waals surface area (Å²) in [5, 5.41) is 0. The molecule has 2 saturated heterocycles. The van der Waals surface area contributed by atoms with Gasteiger partial charge in [-0.1, -0.05) is 13.8 Å². The Balaban J connectivity index is 1.67. The van der Waals surface area contributed by atoms with Crippen LogP contribution in [0.3, 0.4) is 0 Å². The highest BCUT2D eigenvalue weighted by atomic mass is 15.3. The predicted molar refractivity (Wildman–Crippen MR) is 81.3 cm³/mol. The van der Waals surface area contributed by atoms with Gasteiger partial charge < -0.3 is 15.5 Å². The topological polar surface area (TPSA) is 44.9 Å². The standard InChI is InChI=1S/C15H30N4/c1-13-3-8-18(9-4-13)12-7-17-15(16)19-10-5-14(2)6-11-19/h13-14H,3-12H2,1-2H3,(H2,16,17). The molecule has 110 valence electrons. The molecule has 0 bridgehead atoms. The van der Waals surface area contributed by atoms with Crippen LogP contribution in [-0.4, -0.2) is 55.0 Å². The van der Waals surface area contributed by atoms with Crippen molar-refractivity contribution in [1.82, 2.24) is 9.80 Å². The molecule has 2 aliphatic heterocycles. The van der Waals surface area contributed by atoms with Gasteiger partial charge in [-0.3, -0.25) is 4.99 Å². The van der Waals surface area contributed by atoms with E-state index in [1.54, 1.807) is 0 Å². The first kappa shape index (κ1) is 14.6. The second-order valence-corrected chi connectivity index (χ2v) is 6.43. The van der Waals surface area contributed by atoms with E-state index < -0.39 is 0 Å². The van der Waals surface area contributed by atoms with Crippen molar-refractivity contribution in [3.63, 3.8) is 0 Å². The van der Waals surface area contributed by atoms with Gasteiger partial charge in [-0.2, -0.15) is 0 Å². The third-order valence-electron chi connectivity index (χ3n) is 4.67.